The van der Waals surface area contributed by atoms with E-state index >= 15 is 0 Å². The summed E-state index contributed by atoms with van der Waals surface area (Å²) in [6, 6.07) is 3.50. The molecule has 0 unspecified atom stereocenters. The molecule has 9 heteroatoms. The molecule has 0 saturated heterocycles. The second-order valence-electron chi connectivity index (χ2n) is 3.43. The van der Waals surface area contributed by atoms with Crippen LogP contribution in [0.2, 0.25) is 0 Å². The molecule has 0 aliphatic rings. The quantitative estimate of drug-likeness (QED) is 0.668. The zero-order chi connectivity index (χ0) is 14.0. The van der Waals surface area contributed by atoms with Crippen LogP contribution >= 0.6 is 11.8 Å². The Bertz CT molecular complexity index is 654. The molecule has 1 N–H and O–H groups in total. The zero-order valence-electron chi connectivity index (χ0n) is 9.56. The number of rotatable bonds is 4. The molecule has 1 aromatic heterocycles. The first-order chi connectivity index (χ1) is 8.97. The van der Waals surface area contributed by atoms with Crippen molar-refractivity contribution in [3.63, 3.8) is 0 Å². The monoisotopic (exact) mass is 281 g/mol. The van der Waals surface area contributed by atoms with E-state index in [1.165, 1.54) is 12.1 Å². The number of aromatic carboxylic acids is 1. The summed E-state index contributed by atoms with van der Waals surface area (Å²) in [4.78, 5) is 21.3. The van der Waals surface area contributed by atoms with Crippen molar-refractivity contribution in [2.45, 2.75) is 17.0 Å². The molecule has 8 nitrogen and oxygen atoms in total. The molecule has 0 radical (unpaired) electrons. The SMILES string of the molecule is Cc1nnc(Sc2cc(C(=O)O)ccc2[N+](=O)[O-])o1. The van der Waals surface area contributed by atoms with E-state index in [2.05, 4.69) is 10.2 Å². The predicted molar refractivity (Wildman–Crippen MR) is 63.2 cm³/mol. The first-order valence-corrected chi connectivity index (χ1v) is 5.78. The van der Waals surface area contributed by atoms with E-state index in [0.29, 0.717) is 5.89 Å². The highest BCUT2D eigenvalue weighted by molar-refractivity contribution is 7.99. The van der Waals surface area contributed by atoms with Crippen LogP contribution < -0.4 is 0 Å². The number of hydrogen-bond acceptors (Lipinski definition) is 7. The standard InChI is InChI=1S/C10H7N3O5S/c1-5-11-12-10(18-5)19-8-4-6(9(14)15)2-3-7(8)13(16)17/h2-4H,1H3,(H,14,15). The van der Waals surface area contributed by atoms with Crippen molar-refractivity contribution in [1.82, 2.24) is 10.2 Å². The van der Waals surface area contributed by atoms with Crippen LogP contribution in [-0.2, 0) is 0 Å². The molecule has 1 heterocycles. The van der Waals surface area contributed by atoms with Gasteiger partial charge in [0.05, 0.1) is 15.4 Å². The molecule has 1 aromatic carbocycles. The third-order valence-electron chi connectivity index (χ3n) is 2.11. The van der Waals surface area contributed by atoms with E-state index in [9.17, 15) is 14.9 Å². The van der Waals surface area contributed by atoms with E-state index in [1.807, 2.05) is 0 Å². The Kier molecular flexibility index (Phi) is 3.47. The second-order valence-corrected chi connectivity index (χ2v) is 4.43. The number of aromatic nitrogens is 2. The molecule has 0 amide bonds. The van der Waals surface area contributed by atoms with Gasteiger partial charge in [-0.15, -0.1) is 10.2 Å². The van der Waals surface area contributed by atoms with Gasteiger partial charge in [0.1, 0.15) is 0 Å². The third kappa shape index (κ3) is 2.88. The van der Waals surface area contributed by atoms with Crippen molar-refractivity contribution in [2.75, 3.05) is 0 Å². The van der Waals surface area contributed by atoms with Crippen LogP contribution in [0.15, 0.2) is 32.7 Å². The lowest BCUT2D eigenvalue weighted by Gasteiger charge is -2.01. The first-order valence-electron chi connectivity index (χ1n) is 4.97. The molecule has 0 aliphatic carbocycles. The molecule has 0 aliphatic heterocycles. The van der Waals surface area contributed by atoms with Gasteiger partial charge >= 0.3 is 5.97 Å². The van der Waals surface area contributed by atoms with Gasteiger partial charge in [0, 0.05) is 13.0 Å². The van der Waals surface area contributed by atoms with Crippen molar-refractivity contribution in [3.8, 4) is 0 Å². The van der Waals surface area contributed by atoms with Gasteiger partial charge in [0.2, 0.25) is 5.89 Å². The summed E-state index contributed by atoms with van der Waals surface area (Å²) in [7, 11) is 0. The minimum absolute atomic E-state index is 0.0515. The number of hydrogen-bond donors (Lipinski definition) is 1. The summed E-state index contributed by atoms with van der Waals surface area (Å²) in [5.74, 6) is -0.849. The van der Waals surface area contributed by atoms with E-state index in [0.717, 1.165) is 17.8 Å². The normalized spacial score (nSPS) is 10.4. The van der Waals surface area contributed by atoms with Gasteiger partial charge in [-0.05, 0) is 23.9 Å². The molecule has 0 fully saturated rings. The van der Waals surface area contributed by atoms with Gasteiger partial charge < -0.3 is 9.52 Å². The largest absolute Gasteiger partial charge is 0.478 e. The van der Waals surface area contributed by atoms with Crippen LogP contribution in [0.25, 0.3) is 0 Å². The highest BCUT2D eigenvalue weighted by atomic mass is 32.2. The lowest BCUT2D eigenvalue weighted by atomic mass is 10.2. The summed E-state index contributed by atoms with van der Waals surface area (Å²) < 4.78 is 5.09. The third-order valence-corrected chi connectivity index (χ3v) is 2.99. The maximum absolute atomic E-state index is 10.9. The predicted octanol–water partition coefficient (Wildman–Crippen LogP) is 2.14. The lowest BCUT2D eigenvalue weighted by molar-refractivity contribution is -0.387. The number of aryl methyl sites for hydroxylation is 1. The number of carboxylic acids is 1. The van der Waals surface area contributed by atoms with Gasteiger partial charge in [0.25, 0.3) is 10.9 Å². The van der Waals surface area contributed by atoms with E-state index in [4.69, 9.17) is 9.52 Å². The van der Waals surface area contributed by atoms with Crippen molar-refractivity contribution in [1.29, 1.82) is 0 Å². The van der Waals surface area contributed by atoms with Gasteiger partial charge in [-0.1, -0.05) is 0 Å². The molecular formula is C10H7N3O5S. The molecule has 0 spiro atoms. The summed E-state index contributed by atoms with van der Waals surface area (Å²) >= 11 is 0.850. The average Bonchev–Trinajstić information content (AvgIpc) is 2.74. The molecule has 2 aromatic rings. The Morgan fingerprint density at radius 1 is 1.47 bits per heavy atom. The van der Waals surface area contributed by atoms with E-state index in [1.54, 1.807) is 6.92 Å². The Morgan fingerprint density at radius 2 is 2.21 bits per heavy atom. The Balaban J connectivity index is 2.42. The summed E-state index contributed by atoms with van der Waals surface area (Å²) in [6.45, 7) is 1.58. The fourth-order valence-electron chi connectivity index (χ4n) is 1.29. The van der Waals surface area contributed by atoms with Gasteiger partial charge in [-0.2, -0.15) is 0 Å². The molecule has 2 rings (SSSR count). The van der Waals surface area contributed by atoms with Crippen LogP contribution in [0.1, 0.15) is 16.2 Å². The van der Waals surface area contributed by atoms with Crippen LogP contribution in [0.5, 0.6) is 0 Å². The molecule has 0 bridgehead atoms. The molecule has 0 atom stereocenters. The summed E-state index contributed by atoms with van der Waals surface area (Å²) in [5, 5.41) is 27.2. The van der Waals surface area contributed by atoms with Crippen LogP contribution in [0, 0.1) is 17.0 Å². The summed E-state index contributed by atoms with van der Waals surface area (Å²) in [5.41, 5.74) is -0.268. The topological polar surface area (TPSA) is 119 Å². The van der Waals surface area contributed by atoms with Crippen molar-refractivity contribution < 1.29 is 19.2 Å². The van der Waals surface area contributed by atoms with Crippen LogP contribution in [0.3, 0.4) is 0 Å². The average molecular weight is 281 g/mol. The Morgan fingerprint density at radius 3 is 2.74 bits per heavy atom. The number of carboxylic acid groups (broad SMARTS) is 1. The summed E-state index contributed by atoms with van der Waals surface area (Å²) in [6.07, 6.45) is 0. The first kappa shape index (κ1) is 13.0. The molecule has 0 saturated carbocycles. The van der Waals surface area contributed by atoms with Crippen LogP contribution in [0.4, 0.5) is 5.69 Å². The molecular weight excluding hydrogens is 274 g/mol. The minimum atomic E-state index is -1.17. The smallest absolute Gasteiger partial charge is 0.335 e. The van der Waals surface area contributed by atoms with Crippen molar-refractivity contribution in [2.24, 2.45) is 0 Å². The number of benzene rings is 1. The number of nitrogens with zero attached hydrogens (tertiary/aromatic N) is 3. The lowest BCUT2D eigenvalue weighted by Crippen LogP contribution is -1.98. The molecule has 98 valence electrons. The van der Waals surface area contributed by atoms with Gasteiger partial charge in [-0.25, -0.2) is 4.79 Å². The van der Waals surface area contributed by atoms with Gasteiger partial charge in [0.15, 0.2) is 0 Å². The highest BCUT2D eigenvalue weighted by Crippen LogP contribution is 2.34. The number of carbonyl (C=O) groups is 1. The van der Waals surface area contributed by atoms with Crippen molar-refractivity contribution >= 4 is 23.4 Å². The Labute approximate surface area is 110 Å². The number of nitro groups is 1. The van der Waals surface area contributed by atoms with Crippen molar-refractivity contribution in [3.05, 3.63) is 39.8 Å². The van der Waals surface area contributed by atoms with E-state index in [-0.39, 0.29) is 21.4 Å². The minimum Gasteiger partial charge on any atom is -0.478 e. The second kappa shape index (κ2) is 5.06. The zero-order valence-corrected chi connectivity index (χ0v) is 10.4. The maximum atomic E-state index is 10.9. The highest BCUT2D eigenvalue weighted by Gasteiger charge is 2.19. The Hall–Kier alpha value is -2.42. The van der Waals surface area contributed by atoms with Gasteiger partial charge in [-0.3, -0.25) is 10.1 Å². The van der Waals surface area contributed by atoms with E-state index < -0.39 is 10.9 Å². The fourth-order valence-corrected chi connectivity index (χ4v) is 2.16. The molecule has 19 heavy (non-hydrogen) atoms. The fraction of sp³-hybridized carbons (Fsp3) is 0.100. The number of nitro benzene ring substituents is 1. The maximum Gasteiger partial charge on any atom is 0.335 e. The van der Waals surface area contributed by atoms with Crippen LogP contribution in [-0.4, -0.2) is 26.2 Å².